The zero-order valence-corrected chi connectivity index (χ0v) is 11.5. The Labute approximate surface area is 120 Å². The van der Waals surface area contributed by atoms with Crippen LogP contribution in [-0.4, -0.2) is 25.2 Å². The number of carbonyl (C=O) groups excluding carboxylic acids is 1. The first-order valence-electron chi connectivity index (χ1n) is 5.99. The lowest BCUT2D eigenvalue weighted by Gasteiger charge is -2.11. The number of ether oxygens (including phenoxy) is 2. The number of halogens is 1. The SMILES string of the molecule is COC(=O)c1cc(Nc2ccc(OC)nc2)c(F)cc1N. The summed E-state index contributed by atoms with van der Waals surface area (Å²) >= 11 is 0. The van der Waals surface area contributed by atoms with E-state index in [4.69, 9.17) is 10.5 Å². The van der Waals surface area contributed by atoms with Crippen LogP contribution in [0.4, 0.5) is 21.5 Å². The van der Waals surface area contributed by atoms with Gasteiger partial charge >= 0.3 is 5.97 Å². The summed E-state index contributed by atoms with van der Waals surface area (Å²) in [7, 11) is 2.73. The summed E-state index contributed by atoms with van der Waals surface area (Å²) in [5.41, 5.74) is 6.33. The van der Waals surface area contributed by atoms with Crippen molar-refractivity contribution in [1.82, 2.24) is 4.98 Å². The predicted octanol–water partition coefficient (Wildman–Crippen LogP) is 2.34. The Morgan fingerprint density at radius 2 is 2.10 bits per heavy atom. The third kappa shape index (κ3) is 3.19. The van der Waals surface area contributed by atoms with Gasteiger partial charge in [0.1, 0.15) is 5.82 Å². The number of hydrogen-bond acceptors (Lipinski definition) is 6. The second kappa shape index (κ2) is 6.08. The number of methoxy groups -OCH3 is 2. The summed E-state index contributed by atoms with van der Waals surface area (Å²) in [6.45, 7) is 0. The number of nitrogens with one attached hydrogen (secondary N) is 1. The Kier molecular flexibility index (Phi) is 4.22. The van der Waals surface area contributed by atoms with Crippen LogP contribution in [0.15, 0.2) is 30.5 Å². The fourth-order valence-corrected chi connectivity index (χ4v) is 1.70. The van der Waals surface area contributed by atoms with E-state index in [9.17, 15) is 9.18 Å². The van der Waals surface area contributed by atoms with Crippen molar-refractivity contribution in [2.45, 2.75) is 0 Å². The van der Waals surface area contributed by atoms with Gasteiger partial charge in [0.05, 0.1) is 37.4 Å². The van der Waals surface area contributed by atoms with E-state index in [-0.39, 0.29) is 16.9 Å². The summed E-state index contributed by atoms with van der Waals surface area (Å²) in [5.74, 6) is -0.784. The fourth-order valence-electron chi connectivity index (χ4n) is 1.70. The zero-order valence-electron chi connectivity index (χ0n) is 11.5. The molecule has 7 heteroatoms. The molecule has 0 fully saturated rings. The van der Waals surface area contributed by atoms with E-state index >= 15 is 0 Å². The van der Waals surface area contributed by atoms with Crippen molar-refractivity contribution in [3.8, 4) is 5.88 Å². The van der Waals surface area contributed by atoms with E-state index in [1.807, 2.05) is 0 Å². The molecule has 0 unspecified atom stereocenters. The van der Waals surface area contributed by atoms with Gasteiger partial charge in [0.15, 0.2) is 0 Å². The van der Waals surface area contributed by atoms with Gasteiger partial charge < -0.3 is 20.5 Å². The fraction of sp³-hybridized carbons (Fsp3) is 0.143. The van der Waals surface area contributed by atoms with Crippen LogP contribution in [0.1, 0.15) is 10.4 Å². The number of nitrogens with two attached hydrogens (primary N) is 1. The Bertz CT molecular complexity index is 659. The Morgan fingerprint density at radius 3 is 2.67 bits per heavy atom. The average molecular weight is 291 g/mol. The van der Waals surface area contributed by atoms with Crippen molar-refractivity contribution >= 4 is 23.0 Å². The second-order valence-corrected chi connectivity index (χ2v) is 4.13. The first-order chi connectivity index (χ1) is 10.0. The number of anilines is 3. The quantitative estimate of drug-likeness (QED) is 0.664. The predicted molar refractivity (Wildman–Crippen MR) is 76.2 cm³/mol. The summed E-state index contributed by atoms with van der Waals surface area (Å²) < 4.78 is 23.4. The molecule has 0 spiro atoms. The van der Waals surface area contributed by atoms with Gasteiger partial charge in [0.25, 0.3) is 0 Å². The first-order valence-corrected chi connectivity index (χ1v) is 5.99. The van der Waals surface area contributed by atoms with E-state index in [0.717, 1.165) is 6.07 Å². The monoisotopic (exact) mass is 291 g/mol. The molecule has 1 aromatic heterocycles. The topological polar surface area (TPSA) is 86.5 Å². The van der Waals surface area contributed by atoms with Crippen molar-refractivity contribution in [3.63, 3.8) is 0 Å². The number of pyridine rings is 1. The molecule has 110 valence electrons. The number of nitrogens with zero attached hydrogens (tertiary/aromatic N) is 1. The number of nitrogen functional groups attached to an aromatic ring is 1. The molecule has 0 aliphatic heterocycles. The molecule has 6 nitrogen and oxygen atoms in total. The molecule has 2 rings (SSSR count). The van der Waals surface area contributed by atoms with Crippen molar-refractivity contribution < 1.29 is 18.7 Å². The summed E-state index contributed by atoms with van der Waals surface area (Å²) in [6.07, 6.45) is 1.48. The summed E-state index contributed by atoms with van der Waals surface area (Å²) in [4.78, 5) is 15.5. The molecule has 0 saturated heterocycles. The van der Waals surface area contributed by atoms with E-state index < -0.39 is 11.8 Å². The van der Waals surface area contributed by atoms with Crippen LogP contribution in [-0.2, 0) is 4.74 Å². The minimum absolute atomic E-state index is 0.0118. The average Bonchev–Trinajstić information content (AvgIpc) is 2.50. The summed E-state index contributed by atoms with van der Waals surface area (Å²) in [5, 5.41) is 2.81. The highest BCUT2D eigenvalue weighted by Crippen LogP contribution is 2.26. The molecular weight excluding hydrogens is 277 g/mol. The van der Waals surface area contributed by atoms with Crippen molar-refractivity contribution in [2.24, 2.45) is 0 Å². The van der Waals surface area contributed by atoms with Crippen LogP contribution in [0.5, 0.6) is 5.88 Å². The van der Waals surface area contributed by atoms with Gasteiger partial charge in [-0.05, 0) is 18.2 Å². The molecule has 0 aliphatic carbocycles. The van der Waals surface area contributed by atoms with Gasteiger partial charge in [-0.1, -0.05) is 0 Å². The van der Waals surface area contributed by atoms with Gasteiger partial charge in [0.2, 0.25) is 5.88 Å². The molecule has 0 radical (unpaired) electrons. The number of rotatable bonds is 4. The van der Waals surface area contributed by atoms with E-state index in [1.165, 1.54) is 26.5 Å². The van der Waals surface area contributed by atoms with E-state index in [2.05, 4.69) is 15.0 Å². The van der Waals surface area contributed by atoms with E-state index in [0.29, 0.717) is 11.6 Å². The van der Waals surface area contributed by atoms with Crippen molar-refractivity contribution in [3.05, 3.63) is 41.8 Å². The molecule has 0 saturated carbocycles. The second-order valence-electron chi connectivity index (χ2n) is 4.13. The Balaban J connectivity index is 2.32. The third-order valence-electron chi connectivity index (χ3n) is 2.77. The molecule has 1 heterocycles. The van der Waals surface area contributed by atoms with Gasteiger partial charge in [-0.15, -0.1) is 0 Å². The highest BCUT2D eigenvalue weighted by atomic mass is 19.1. The van der Waals surface area contributed by atoms with Crippen LogP contribution in [0, 0.1) is 5.82 Å². The molecule has 0 amide bonds. The highest BCUT2D eigenvalue weighted by molar-refractivity contribution is 5.96. The standard InChI is InChI=1S/C14H14FN3O3/c1-20-13-4-3-8(7-17-13)18-12-5-9(14(19)21-2)11(16)6-10(12)15/h3-7,18H,16H2,1-2H3. The lowest BCUT2D eigenvalue weighted by Crippen LogP contribution is -2.07. The molecular formula is C14H14FN3O3. The van der Waals surface area contributed by atoms with Crippen LogP contribution in [0.3, 0.4) is 0 Å². The van der Waals surface area contributed by atoms with Crippen LogP contribution in [0.25, 0.3) is 0 Å². The lowest BCUT2D eigenvalue weighted by molar-refractivity contribution is 0.0602. The molecule has 1 aromatic carbocycles. The minimum atomic E-state index is -0.636. The first kappa shape index (κ1) is 14.6. The number of esters is 1. The molecule has 3 N–H and O–H groups in total. The largest absolute Gasteiger partial charge is 0.481 e. The number of benzene rings is 1. The van der Waals surface area contributed by atoms with Crippen LogP contribution < -0.4 is 15.8 Å². The molecule has 21 heavy (non-hydrogen) atoms. The van der Waals surface area contributed by atoms with Crippen molar-refractivity contribution in [1.29, 1.82) is 0 Å². The number of carbonyl (C=O) groups is 1. The molecule has 2 aromatic rings. The molecule has 0 aliphatic rings. The van der Waals surface area contributed by atoms with Crippen LogP contribution >= 0.6 is 0 Å². The highest BCUT2D eigenvalue weighted by Gasteiger charge is 2.14. The maximum atomic E-state index is 13.9. The lowest BCUT2D eigenvalue weighted by atomic mass is 10.1. The van der Waals surface area contributed by atoms with Crippen LogP contribution in [0.2, 0.25) is 0 Å². The van der Waals surface area contributed by atoms with E-state index in [1.54, 1.807) is 12.1 Å². The Morgan fingerprint density at radius 1 is 1.33 bits per heavy atom. The number of hydrogen-bond donors (Lipinski definition) is 2. The Hall–Kier alpha value is -2.83. The van der Waals surface area contributed by atoms with Gasteiger partial charge in [-0.3, -0.25) is 0 Å². The van der Waals surface area contributed by atoms with Gasteiger partial charge in [0, 0.05) is 11.8 Å². The normalized spacial score (nSPS) is 10.0. The van der Waals surface area contributed by atoms with Gasteiger partial charge in [-0.25, -0.2) is 14.2 Å². The maximum absolute atomic E-state index is 13.9. The summed E-state index contributed by atoms with van der Waals surface area (Å²) in [6, 6.07) is 5.64. The van der Waals surface area contributed by atoms with Gasteiger partial charge in [-0.2, -0.15) is 0 Å². The maximum Gasteiger partial charge on any atom is 0.340 e. The number of aromatic nitrogens is 1. The smallest absolute Gasteiger partial charge is 0.340 e. The molecule has 0 atom stereocenters. The molecule has 0 bridgehead atoms. The third-order valence-corrected chi connectivity index (χ3v) is 2.77. The van der Waals surface area contributed by atoms with Crippen molar-refractivity contribution in [2.75, 3.05) is 25.3 Å². The zero-order chi connectivity index (χ0) is 15.4. The minimum Gasteiger partial charge on any atom is -0.481 e.